The summed E-state index contributed by atoms with van der Waals surface area (Å²) in [6.45, 7) is 3.19. The van der Waals surface area contributed by atoms with E-state index in [1.807, 2.05) is 34.7 Å². The van der Waals surface area contributed by atoms with Crippen LogP contribution in [0.25, 0.3) is 22.3 Å². The van der Waals surface area contributed by atoms with Crippen molar-refractivity contribution in [2.75, 3.05) is 7.11 Å². The van der Waals surface area contributed by atoms with Crippen LogP contribution in [0.1, 0.15) is 30.8 Å². The molecule has 4 rings (SSSR count). The highest BCUT2D eigenvalue weighted by Crippen LogP contribution is 2.32. The Morgan fingerprint density at radius 3 is 2.55 bits per heavy atom. The summed E-state index contributed by atoms with van der Waals surface area (Å²) in [5, 5.41) is 8.62. The molecule has 2 aromatic carbocycles. The number of fused-ring (bicyclic) bond motifs is 3. The maximum absolute atomic E-state index is 12.2. The van der Waals surface area contributed by atoms with Gasteiger partial charge in [0.15, 0.2) is 11.4 Å². The van der Waals surface area contributed by atoms with Gasteiger partial charge in [0.2, 0.25) is 0 Å². The van der Waals surface area contributed by atoms with E-state index in [1.165, 1.54) is 6.92 Å². The Bertz CT molecular complexity index is 1250. The number of methoxy groups -OCH3 is 1. The number of benzene rings is 2. The van der Waals surface area contributed by atoms with Crippen molar-refractivity contribution in [3.8, 4) is 5.75 Å². The molecule has 0 amide bonds. The average Bonchev–Trinajstić information content (AvgIpc) is 3.11. The molecular weight excluding hydrogens is 366 g/mol. The molecule has 2 aromatic heterocycles. The Hall–Kier alpha value is -3.74. The number of nitrogens with two attached hydrogens (primary N) is 1. The van der Waals surface area contributed by atoms with Crippen molar-refractivity contribution in [3.05, 3.63) is 71.3 Å². The number of ketones is 1. The molecule has 0 aliphatic rings. The molecule has 0 saturated heterocycles. The van der Waals surface area contributed by atoms with Gasteiger partial charge in [0.1, 0.15) is 11.6 Å². The number of carbonyl (C=O) groups is 1. The number of rotatable bonds is 5. The first-order valence-corrected chi connectivity index (χ1v) is 9.22. The Kier molecular flexibility index (Phi) is 4.72. The third-order valence-corrected chi connectivity index (χ3v) is 4.83. The molecule has 7 heteroatoms. The second kappa shape index (κ2) is 7.35. The summed E-state index contributed by atoms with van der Waals surface area (Å²) in [6.07, 6.45) is 2.30. The van der Waals surface area contributed by atoms with E-state index >= 15 is 0 Å². The van der Waals surface area contributed by atoms with Crippen LogP contribution in [-0.2, 0) is 11.2 Å². The number of carbonyl (C=O) groups excluding carboxylic acids is 1. The van der Waals surface area contributed by atoms with E-state index in [9.17, 15) is 4.79 Å². The molecule has 0 aliphatic carbocycles. The zero-order valence-corrected chi connectivity index (χ0v) is 16.5. The van der Waals surface area contributed by atoms with E-state index in [2.05, 4.69) is 27.3 Å². The molecule has 0 fully saturated rings. The third kappa shape index (κ3) is 3.31. The van der Waals surface area contributed by atoms with Crippen molar-refractivity contribution in [1.29, 1.82) is 0 Å². The number of Topliss-reactive ketones (excluding diaryl/α,β-unsaturated/α-hetero) is 1. The van der Waals surface area contributed by atoms with Gasteiger partial charge in [-0.25, -0.2) is 0 Å². The van der Waals surface area contributed by atoms with Crippen LogP contribution in [-0.4, -0.2) is 32.5 Å². The fourth-order valence-electron chi connectivity index (χ4n) is 3.58. The number of nitrogens with zero attached hydrogens (tertiary/aromatic N) is 4. The van der Waals surface area contributed by atoms with Crippen molar-refractivity contribution < 1.29 is 9.53 Å². The average molecular weight is 387 g/mol. The molecular formula is C22H21N5O2. The molecule has 0 radical (unpaired) electrons. The lowest BCUT2D eigenvalue weighted by molar-refractivity contribution is -0.111. The van der Waals surface area contributed by atoms with Crippen LogP contribution in [0.2, 0.25) is 0 Å². The van der Waals surface area contributed by atoms with E-state index < -0.39 is 0 Å². The Balaban J connectivity index is 1.96. The predicted octanol–water partition coefficient (Wildman–Crippen LogP) is 3.16. The van der Waals surface area contributed by atoms with Gasteiger partial charge < -0.3 is 10.5 Å². The van der Waals surface area contributed by atoms with Crippen molar-refractivity contribution in [2.45, 2.75) is 20.3 Å². The minimum Gasteiger partial charge on any atom is -0.496 e. The third-order valence-electron chi connectivity index (χ3n) is 4.83. The fraction of sp³-hybridized carbons (Fsp3) is 0.182. The molecule has 0 unspecified atom stereocenters. The van der Waals surface area contributed by atoms with Gasteiger partial charge in [-0.1, -0.05) is 30.3 Å². The van der Waals surface area contributed by atoms with Gasteiger partial charge in [-0.3, -0.25) is 14.2 Å². The van der Waals surface area contributed by atoms with Gasteiger partial charge in [-0.05, 0) is 25.5 Å². The van der Waals surface area contributed by atoms with Gasteiger partial charge >= 0.3 is 0 Å². The molecule has 0 bridgehead atoms. The number of hydrogen-bond acceptors (Lipinski definition) is 6. The van der Waals surface area contributed by atoms with Crippen LogP contribution in [0, 0.1) is 0 Å². The molecule has 0 aliphatic heterocycles. The zero-order valence-electron chi connectivity index (χ0n) is 16.5. The van der Waals surface area contributed by atoms with E-state index in [0.717, 1.165) is 16.9 Å². The minimum absolute atomic E-state index is 0.127. The van der Waals surface area contributed by atoms with Crippen LogP contribution in [0.3, 0.4) is 0 Å². The highest BCUT2D eigenvalue weighted by atomic mass is 16.5. The monoisotopic (exact) mass is 387 g/mol. The van der Waals surface area contributed by atoms with Gasteiger partial charge in [0.25, 0.3) is 0 Å². The van der Waals surface area contributed by atoms with Crippen LogP contribution >= 0.6 is 0 Å². The summed E-state index contributed by atoms with van der Waals surface area (Å²) < 4.78 is 7.56. The Morgan fingerprint density at radius 1 is 1.14 bits per heavy atom. The first-order chi connectivity index (χ1) is 14.0. The first kappa shape index (κ1) is 18.6. The second-order valence-electron chi connectivity index (χ2n) is 6.89. The van der Waals surface area contributed by atoms with Gasteiger partial charge in [0.05, 0.1) is 24.3 Å². The number of ether oxygens (including phenoxy) is 1. The summed E-state index contributed by atoms with van der Waals surface area (Å²) in [7, 11) is 1.57. The molecule has 2 N–H and O–H groups in total. The van der Waals surface area contributed by atoms with E-state index in [-0.39, 0.29) is 5.78 Å². The number of allylic oxidation sites excluding steroid dienone is 2. The van der Waals surface area contributed by atoms with E-state index in [4.69, 9.17) is 10.5 Å². The molecule has 29 heavy (non-hydrogen) atoms. The molecule has 2 heterocycles. The highest BCUT2D eigenvalue weighted by molar-refractivity contribution is 6.21. The standard InChI is InChI=1S/C22H21N5O2/c1-13(23)22(14(2)28)16-10-17-18(11-19(16)29-3)27-20(25-26-21(27)12-24-17)9-15-7-5-4-6-8-15/h4-8,10-12H,9,23H2,1-3H3. The molecule has 4 aromatic rings. The predicted molar refractivity (Wildman–Crippen MR) is 112 cm³/mol. The van der Waals surface area contributed by atoms with Gasteiger partial charge in [0, 0.05) is 29.3 Å². The summed E-state index contributed by atoms with van der Waals surface area (Å²) in [4.78, 5) is 16.7. The van der Waals surface area contributed by atoms with Crippen LogP contribution in [0.15, 0.2) is 54.4 Å². The van der Waals surface area contributed by atoms with Crippen molar-refractivity contribution >= 4 is 28.0 Å². The second-order valence-corrected chi connectivity index (χ2v) is 6.89. The zero-order chi connectivity index (χ0) is 20.5. The summed E-state index contributed by atoms with van der Waals surface area (Å²) >= 11 is 0. The fourth-order valence-corrected chi connectivity index (χ4v) is 3.58. The van der Waals surface area contributed by atoms with Gasteiger partial charge in [-0.2, -0.15) is 0 Å². The van der Waals surface area contributed by atoms with E-state index in [1.54, 1.807) is 20.2 Å². The smallest absolute Gasteiger partial charge is 0.179 e. The lowest BCUT2D eigenvalue weighted by atomic mass is 9.99. The minimum atomic E-state index is -0.127. The molecule has 146 valence electrons. The highest BCUT2D eigenvalue weighted by Gasteiger charge is 2.19. The molecule has 0 saturated carbocycles. The van der Waals surface area contributed by atoms with Crippen molar-refractivity contribution in [2.24, 2.45) is 5.73 Å². The number of hydrogen-bond donors (Lipinski definition) is 1. The van der Waals surface area contributed by atoms with E-state index in [0.29, 0.717) is 40.2 Å². The topological polar surface area (TPSA) is 95.4 Å². The Labute approximate surface area is 167 Å². The lowest BCUT2D eigenvalue weighted by Crippen LogP contribution is -2.07. The molecule has 0 atom stereocenters. The van der Waals surface area contributed by atoms with Crippen LogP contribution < -0.4 is 10.5 Å². The lowest BCUT2D eigenvalue weighted by Gasteiger charge is -2.14. The largest absolute Gasteiger partial charge is 0.496 e. The van der Waals surface area contributed by atoms with Crippen LogP contribution in [0.5, 0.6) is 5.75 Å². The maximum Gasteiger partial charge on any atom is 0.179 e. The molecule has 7 nitrogen and oxygen atoms in total. The normalized spacial score (nSPS) is 12.2. The summed E-state index contributed by atoms with van der Waals surface area (Å²) in [5.41, 5.74) is 10.7. The summed E-state index contributed by atoms with van der Waals surface area (Å²) in [5.74, 6) is 1.21. The quantitative estimate of drug-likeness (QED) is 0.529. The Morgan fingerprint density at radius 2 is 1.90 bits per heavy atom. The maximum atomic E-state index is 12.2. The first-order valence-electron chi connectivity index (χ1n) is 9.22. The number of aromatic nitrogens is 4. The molecule has 0 spiro atoms. The van der Waals surface area contributed by atoms with Crippen molar-refractivity contribution in [1.82, 2.24) is 19.6 Å². The SMILES string of the molecule is COc1cc2c(cc1C(C(C)=O)=C(C)N)ncc1nnc(Cc3ccccc3)n12. The van der Waals surface area contributed by atoms with Crippen molar-refractivity contribution in [3.63, 3.8) is 0 Å². The van der Waals surface area contributed by atoms with Crippen LogP contribution in [0.4, 0.5) is 0 Å². The summed E-state index contributed by atoms with van der Waals surface area (Å²) in [6, 6.07) is 13.8. The van der Waals surface area contributed by atoms with Gasteiger partial charge in [-0.15, -0.1) is 10.2 Å².